The van der Waals surface area contributed by atoms with Gasteiger partial charge in [0.25, 0.3) is 0 Å². The monoisotopic (exact) mass is 307 g/mol. The molecule has 1 aliphatic rings. The quantitative estimate of drug-likeness (QED) is 0.728. The van der Waals surface area contributed by atoms with Crippen LogP contribution in [0.25, 0.3) is 11.0 Å². The van der Waals surface area contributed by atoms with Crippen LogP contribution in [-0.2, 0) is 19.5 Å². The minimum absolute atomic E-state index is 0.0535. The number of hydrogen-bond acceptors (Lipinski definition) is 5. The Morgan fingerprint density at radius 3 is 3.09 bits per heavy atom. The second-order valence-electron chi connectivity index (χ2n) is 5.94. The second kappa shape index (κ2) is 5.59. The molecule has 0 aliphatic carbocycles. The Kier molecular flexibility index (Phi) is 3.42. The standard InChI is InChI=1S/C18H17N3O2/c1-12-19-8-13-9-21(7-6-16(13)20-12)10-14-11-23-17-5-3-2-4-15(17)18(14)22/h2-5,8,11H,6-7,9-10H2,1H3. The lowest BCUT2D eigenvalue weighted by molar-refractivity contribution is 0.240. The molecule has 0 radical (unpaired) electrons. The minimum Gasteiger partial charge on any atom is -0.464 e. The number of rotatable bonds is 2. The average Bonchev–Trinajstić information content (AvgIpc) is 2.58. The largest absolute Gasteiger partial charge is 0.464 e. The fourth-order valence-electron chi connectivity index (χ4n) is 3.08. The van der Waals surface area contributed by atoms with Gasteiger partial charge in [-0.3, -0.25) is 9.69 Å². The van der Waals surface area contributed by atoms with Gasteiger partial charge in [0, 0.05) is 49.1 Å². The number of hydrogen-bond donors (Lipinski definition) is 0. The van der Waals surface area contributed by atoms with Crippen molar-refractivity contribution in [2.45, 2.75) is 26.4 Å². The summed E-state index contributed by atoms with van der Waals surface area (Å²) in [6.45, 7) is 4.14. The van der Waals surface area contributed by atoms with Crippen LogP contribution in [0.4, 0.5) is 0 Å². The van der Waals surface area contributed by atoms with Gasteiger partial charge >= 0.3 is 0 Å². The van der Waals surface area contributed by atoms with Crippen molar-refractivity contribution in [3.05, 3.63) is 69.6 Å². The Morgan fingerprint density at radius 1 is 1.30 bits per heavy atom. The van der Waals surface area contributed by atoms with Crippen LogP contribution in [0.3, 0.4) is 0 Å². The molecule has 0 bridgehead atoms. The van der Waals surface area contributed by atoms with Crippen molar-refractivity contribution in [1.29, 1.82) is 0 Å². The zero-order chi connectivity index (χ0) is 15.8. The number of benzene rings is 1. The van der Waals surface area contributed by atoms with Gasteiger partial charge in [0.1, 0.15) is 11.4 Å². The molecular weight excluding hydrogens is 290 g/mol. The molecule has 5 nitrogen and oxygen atoms in total. The van der Waals surface area contributed by atoms with E-state index in [-0.39, 0.29) is 5.43 Å². The molecule has 0 saturated carbocycles. The Bertz CT molecular complexity index is 933. The molecule has 5 heteroatoms. The van der Waals surface area contributed by atoms with Crippen LogP contribution in [0.1, 0.15) is 22.6 Å². The Hall–Kier alpha value is -2.53. The van der Waals surface area contributed by atoms with E-state index in [1.165, 1.54) is 0 Å². The smallest absolute Gasteiger partial charge is 0.197 e. The third-order valence-corrected chi connectivity index (χ3v) is 4.28. The predicted molar refractivity (Wildman–Crippen MR) is 87.1 cm³/mol. The van der Waals surface area contributed by atoms with Gasteiger partial charge < -0.3 is 4.42 Å². The molecule has 0 atom stereocenters. The van der Waals surface area contributed by atoms with Crippen molar-refractivity contribution in [3.8, 4) is 0 Å². The molecule has 1 aromatic carbocycles. The lowest BCUT2D eigenvalue weighted by Crippen LogP contribution is -2.32. The topological polar surface area (TPSA) is 59.2 Å². The first-order valence-electron chi connectivity index (χ1n) is 7.74. The van der Waals surface area contributed by atoms with E-state index in [0.717, 1.165) is 36.6 Å². The highest BCUT2D eigenvalue weighted by molar-refractivity contribution is 5.76. The fraction of sp³-hybridized carbons (Fsp3) is 0.278. The van der Waals surface area contributed by atoms with E-state index in [4.69, 9.17) is 4.42 Å². The van der Waals surface area contributed by atoms with Crippen molar-refractivity contribution in [1.82, 2.24) is 14.9 Å². The number of nitrogens with zero attached hydrogens (tertiary/aromatic N) is 3. The van der Waals surface area contributed by atoms with Gasteiger partial charge in [-0.25, -0.2) is 9.97 Å². The van der Waals surface area contributed by atoms with Gasteiger partial charge in [-0.15, -0.1) is 0 Å². The first kappa shape index (κ1) is 14.1. The van der Waals surface area contributed by atoms with Crippen molar-refractivity contribution in [3.63, 3.8) is 0 Å². The third kappa shape index (κ3) is 2.64. The Labute approximate surface area is 133 Å². The summed E-state index contributed by atoms with van der Waals surface area (Å²) in [6.07, 6.45) is 4.37. The fourth-order valence-corrected chi connectivity index (χ4v) is 3.08. The van der Waals surface area contributed by atoms with Crippen molar-refractivity contribution >= 4 is 11.0 Å². The van der Waals surface area contributed by atoms with Crippen LogP contribution >= 0.6 is 0 Å². The summed E-state index contributed by atoms with van der Waals surface area (Å²) in [4.78, 5) is 23.6. The van der Waals surface area contributed by atoms with Crippen molar-refractivity contribution < 1.29 is 4.42 Å². The highest BCUT2D eigenvalue weighted by Gasteiger charge is 2.19. The van der Waals surface area contributed by atoms with Crippen molar-refractivity contribution in [2.24, 2.45) is 0 Å². The summed E-state index contributed by atoms with van der Waals surface area (Å²) < 4.78 is 5.60. The number of aromatic nitrogens is 2. The lowest BCUT2D eigenvalue weighted by Gasteiger charge is -2.27. The third-order valence-electron chi connectivity index (χ3n) is 4.28. The molecule has 1 aliphatic heterocycles. The van der Waals surface area contributed by atoms with Gasteiger partial charge in [-0.2, -0.15) is 0 Å². The Morgan fingerprint density at radius 2 is 2.17 bits per heavy atom. The molecule has 0 fully saturated rings. The Balaban J connectivity index is 1.61. The van der Waals surface area contributed by atoms with Crippen LogP contribution in [0, 0.1) is 6.92 Å². The van der Waals surface area contributed by atoms with E-state index in [0.29, 0.717) is 23.1 Å². The van der Waals surface area contributed by atoms with Crippen LogP contribution in [0.2, 0.25) is 0 Å². The molecule has 0 saturated heterocycles. The molecule has 23 heavy (non-hydrogen) atoms. The van der Waals surface area contributed by atoms with Crippen LogP contribution in [-0.4, -0.2) is 21.4 Å². The molecule has 116 valence electrons. The van der Waals surface area contributed by atoms with E-state index in [2.05, 4.69) is 14.9 Å². The summed E-state index contributed by atoms with van der Waals surface area (Å²) in [5.74, 6) is 0.812. The first-order chi connectivity index (χ1) is 11.2. The van der Waals surface area contributed by atoms with Crippen LogP contribution in [0.15, 0.2) is 45.9 Å². The van der Waals surface area contributed by atoms with E-state index in [1.807, 2.05) is 37.4 Å². The van der Waals surface area contributed by atoms with E-state index >= 15 is 0 Å². The molecule has 3 aromatic rings. The van der Waals surface area contributed by atoms with Crippen molar-refractivity contribution in [2.75, 3.05) is 6.54 Å². The number of para-hydroxylation sites is 1. The second-order valence-corrected chi connectivity index (χ2v) is 5.94. The lowest BCUT2D eigenvalue weighted by atomic mass is 10.1. The van der Waals surface area contributed by atoms with E-state index in [9.17, 15) is 4.79 Å². The first-order valence-corrected chi connectivity index (χ1v) is 7.74. The molecule has 3 heterocycles. The molecule has 0 unspecified atom stereocenters. The highest BCUT2D eigenvalue weighted by atomic mass is 16.3. The molecule has 2 aromatic heterocycles. The van der Waals surface area contributed by atoms with E-state index in [1.54, 1.807) is 6.26 Å². The van der Waals surface area contributed by atoms with Crippen LogP contribution in [0.5, 0.6) is 0 Å². The van der Waals surface area contributed by atoms with E-state index < -0.39 is 0 Å². The average molecular weight is 307 g/mol. The predicted octanol–water partition coefficient (Wildman–Crippen LogP) is 2.45. The van der Waals surface area contributed by atoms with Crippen LogP contribution < -0.4 is 5.43 Å². The zero-order valence-electron chi connectivity index (χ0n) is 13.0. The van der Waals surface area contributed by atoms with Gasteiger partial charge in [0.15, 0.2) is 5.43 Å². The van der Waals surface area contributed by atoms with Gasteiger partial charge in [0.05, 0.1) is 11.6 Å². The zero-order valence-corrected chi connectivity index (χ0v) is 13.0. The maximum atomic E-state index is 12.6. The molecule has 0 spiro atoms. The summed E-state index contributed by atoms with van der Waals surface area (Å²) >= 11 is 0. The SMILES string of the molecule is Cc1ncc2c(n1)CCN(Cc1coc3ccccc3c1=O)C2. The summed E-state index contributed by atoms with van der Waals surface area (Å²) in [5, 5.41) is 0.640. The summed E-state index contributed by atoms with van der Waals surface area (Å²) in [6, 6.07) is 7.36. The van der Waals surface area contributed by atoms with Gasteiger partial charge in [-0.05, 0) is 19.1 Å². The van der Waals surface area contributed by atoms with Gasteiger partial charge in [-0.1, -0.05) is 12.1 Å². The summed E-state index contributed by atoms with van der Waals surface area (Å²) in [7, 11) is 0. The number of aryl methyl sites for hydroxylation is 1. The highest BCUT2D eigenvalue weighted by Crippen LogP contribution is 2.18. The normalized spacial score (nSPS) is 14.8. The number of fused-ring (bicyclic) bond motifs is 2. The maximum absolute atomic E-state index is 12.6. The maximum Gasteiger partial charge on any atom is 0.197 e. The minimum atomic E-state index is 0.0535. The molecule has 0 amide bonds. The molecule has 4 rings (SSSR count). The molecular formula is C18H17N3O2. The van der Waals surface area contributed by atoms with Gasteiger partial charge in [0.2, 0.25) is 0 Å². The summed E-state index contributed by atoms with van der Waals surface area (Å²) in [5.41, 5.74) is 3.65. The molecule has 0 N–H and O–H groups in total.